The van der Waals surface area contributed by atoms with Crippen LogP contribution in [0.15, 0.2) is 42.5 Å². The molecule has 2 aromatic carbocycles. The third-order valence-electron chi connectivity index (χ3n) is 2.99. The van der Waals surface area contributed by atoms with E-state index in [9.17, 15) is 9.50 Å². The Morgan fingerprint density at radius 2 is 1.85 bits per heavy atom. The van der Waals surface area contributed by atoms with Gasteiger partial charge in [-0.25, -0.2) is 4.39 Å². The molecule has 0 spiro atoms. The number of benzene rings is 2. The van der Waals surface area contributed by atoms with Gasteiger partial charge >= 0.3 is 0 Å². The smallest absolute Gasteiger partial charge is 0.125 e. The van der Waals surface area contributed by atoms with Gasteiger partial charge in [0, 0.05) is 5.56 Å². The van der Waals surface area contributed by atoms with Gasteiger partial charge in [0.1, 0.15) is 23.9 Å². The second-order valence-electron chi connectivity index (χ2n) is 4.49. The molecule has 3 nitrogen and oxygen atoms in total. The van der Waals surface area contributed by atoms with Crippen molar-refractivity contribution in [2.45, 2.75) is 19.6 Å². The van der Waals surface area contributed by atoms with Crippen LogP contribution in [-0.4, -0.2) is 12.2 Å². The fourth-order valence-corrected chi connectivity index (χ4v) is 1.86. The molecule has 0 aliphatic rings. The van der Waals surface area contributed by atoms with Crippen molar-refractivity contribution in [1.82, 2.24) is 0 Å². The SMILES string of the molecule is COc1ccc(C(C)O)cc1COc1ccc(F)cc1. The molecule has 0 aliphatic carbocycles. The third-order valence-corrected chi connectivity index (χ3v) is 2.99. The van der Waals surface area contributed by atoms with E-state index >= 15 is 0 Å². The maximum Gasteiger partial charge on any atom is 0.125 e. The van der Waals surface area contributed by atoms with Crippen molar-refractivity contribution in [2.75, 3.05) is 7.11 Å². The standard InChI is InChI=1S/C16H17FO3/c1-11(18)12-3-8-16(19-2)13(9-12)10-20-15-6-4-14(17)5-7-15/h3-9,11,18H,10H2,1-2H3. The van der Waals surface area contributed by atoms with Gasteiger partial charge in [0.05, 0.1) is 13.2 Å². The molecule has 0 saturated heterocycles. The van der Waals surface area contributed by atoms with Crippen molar-refractivity contribution < 1.29 is 19.0 Å². The molecule has 2 rings (SSSR count). The number of hydrogen-bond acceptors (Lipinski definition) is 3. The Labute approximate surface area is 117 Å². The van der Waals surface area contributed by atoms with Crippen LogP contribution in [0.25, 0.3) is 0 Å². The molecule has 0 heterocycles. The average molecular weight is 276 g/mol. The predicted octanol–water partition coefficient (Wildman–Crippen LogP) is 3.47. The van der Waals surface area contributed by atoms with Gasteiger partial charge in [-0.05, 0) is 48.9 Å². The Balaban J connectivity index is 2.14. The molecule has 106 valence electrons. The number of halogens is 1. The number of methoxy groups -OCH3 is 1. The van der Waals surface area contributed by atoms with E-state index in [1.165, 1.54) is 12.1 Å². The van der Waals surface area contributed by atoms with Crippen LogP contribution in [0, 0.1) is 5.82 Å². The average Bonchev–Trinajstić information content (AvgIpc) is 2.46. The number of aliphatic hydroxyl groups is 1. The lowest BCUT2D eigenvalue weighted by Crippen LogP contribution is -2.01. The molecule has 1 N–H and O–H groups in total. The summed E-state index contributed by atoms with van der Waals surface area (Å²) in [4.78, 5) is 0. The van der Waals surface area contributed by atoms with E-state index in [-0.39, 0.29) is 12.4 Å². The van der Waals surface area contributed by atoms with E-state index < -0.39 is 6.10 Å². The van der Waals surface area contributed by atoms with Gasteiger partial charge in [0.25, 0.3) is 0 Å². The lowest BCUT2D eigenvalue weighted by atomic mass is 10.1. The summed E-state index contributed by atoms with van der Waals surface area (Å²) in [5, 5.41) is 9.60. The van der Waals surface area contributed by atoms with Crippen molar-refractivity contribution in [3.8, 4) is 11.5 Å². The molecule has 0 radical (unpaired) electrons. The summed E-state index contributed by atoms with van der Waals surface area (Å²) < 4.78 is 23.7. The molecule has 1 unspecified atom stereocenters. The van der Waals surface area contributed by atoms with Crippen molar-refractivity contribution in [3.63, 3.8) is 0 Å². The van der Waals surface area contributed by atoms with Crippen LogP contribution in [0.3, 0.4) is 0 Å². The van der Waals surface area contributed by atoms with Crippen LogP contribution in [0.4, 0.5) is 4.39 Å². The fraction of sp³-hybridized carbons (Fsp3) is 0.250. The monoisotopic (exact) mass is 276 g/mol. The van der Waals surface area contributed by atoms with E-state index in [1.807, 2.05) is 12.1 Å². The van der Waals surface area contributed by atoms with Crippen LogP contribution in [0.2, 0.25) is 0 Å². The van der Waals surface area contributed by atoms with Crippen molar-refractivity contribution >= 4 is 0 Å². The maximum absolute atomic E-state index is 12.8. The van der Waals surface area contributed by atoms with Gasteiger partial charge in [-0.2, -0.15) is 0 Å². The molecule has 0 bridgehead atoms. The number of rotatable bonds is 5. The van der Waals surface area contributed by atoms with Crippen molar-refractivity contribution in [1.29, 1.82) is 0 Å². The minimum absolute atomic E-state index is 0.287. The van der Waals surface area contributed by atoms with E-state index in [2.05, 4.69) is 0 Å². The topological polar surface area (TPSA) is 38.7 Å². The van der Waals surface area contributed by atoms with Gasteiger partial charge in [-0.3, -0.25) is 0 Å². The first-order valence-corrected chi connectivity index (χ1v) is 6.33. The predicted molar refractivity (Wildman–Crippen MR) is 74.4 cm³/mol. The Morgan fingerprint density at radius 3 is 2.45 bits per heavy atom. The molecule has 1 atom stereocenters. The summed E-state index contributed by atoms with van der Waals surface area (Å²) in [5.74, 6) is 0.971. The summed E-state index contributed by atoms with van der Waals surface area (Å²) in [6, 6.07) is 11.3. The normalized spacial score (nSPS) is 12.0. The Hall–Kier alpha value is -2.07. The summed E-state index contributed by atoms with van der Waals surface area (Å²) in [6.07, 6.45) is -0.550. The first-order valence-electron chi connectivity index (χ1n) is 6.33. The molecular weight excluding hydrogens is 259 g/mol. The number of aliphatic hydroxyl groups excluding tert-OH is 1. The highest BCUT2D eigenvalue weighted by molar-refractivity contribution is 5.38. The van der Waals surface area contributed by atoms with E-state index in [0.717, 1.165) is 11.1 Å². The molecule has 0 saturated carbocycles. The zero-order chi connectivity index (χ0) is 14.5. The van der Waals surface area contributed by atoms with Crippen LogP contribution in [0.5, 0.6) is 11.5 Å². The molecule has 20 heavy (non-hydrogen) atoms. The Kier molecular flexibility index (Phi) is 4.58. The van der Waals surface area contributed by atoms with E-state index in [0.29, 0.717) is 11.5 Å². The van der Waals surface area contributed by atoms with E-state index in [1.54, 1.807) is 32.2 Å². The van der Waals surface area contributed by atoms with Crippen LogP contribution in [-0.2, 0) is 6.61 Å². The van der Waals surface area contributed by atoms with Gasteiger partial charge in [0.2, 0.25) is 0 Å². The summed E-state index contributed by atoms with van der Waals surface area (Å²) >= 11 is 0. The zero-order valence-electron chi connectivity index (χ0n) is 11.5. The highest BCUT2D eigenvalue weighted by atomic mass is 19.1. The van der Waals surface area contributed by atoms with Crippen molar-refractivity contribution in [3.05, 3.63) is 59.4 Å². The molecule has 0 aromatic heterocycles. The second kappa shape index (κ2) is 6.39. The van der Waals surface area contributed by atoms with Gasteiger partial charge in [-0.15, -0.1) is 0 Å². The van der Waals surface area contributed by atoms with Crippen LogP contribution in [0.1, 0.15) is 24.2 Å². The lowest BCUT2D eigenvalue weighted by molar-refractivity contribution is 0.198. The van der Waals surface area contributed by atoms with Gasteiger partial charge in [0.15, 0.2) is 0 Å². The molecule has 4 heteroatoms. The lowest BCUT2D eigenvalue weighted by Gasteiger charge is -2.13. The Bertz CT molecular complexity index is 564. The summed E-state index contributed by atoms with van der Waals surface area (Å²) in [6.45, 7) is 1.99. The van der Waals surface area contributed by atoms with E-state index in [4.69, 9.17) is 9.47 Å². The first kappa shape index (κ1) is 14.3. The summed E-state index contributed by atoms with van der Waals surface area (Å²) in [5.41, 5.74) is 1.62. The molecule has 2 aromatic rings. The quantitative estimate of drug-likeness (QED) is 0.908. The molecule has 0 aliphatic heterocycles. The fourth-order valence-electron chi connectivity index (χ4n) is 1.86. The summed E-state index contributed by atoms with van der Waals surface area (Å²) in [7, 11) is 1.58. The largest absolute Gasteiger partial charge is 0.496 e. The first-order chi connectivity index (χ1) is 9.60. The highest BCUT2D eigenvalue weighted by Gasteiger charge is 2.08. The molecular formula is C16H17FO3. The molecule has 0 amide bonds. The van der Waals surface area contributed by atoms with Gasteiger partial charge in [-0.1, -0.05) is 6.07 Å². The maximum atomic E-state index is 12.8. The number of hydrogen-bond donors (Lipinski definition) is 1. The number of ether oxygens (including phenoxy) is 2. The Morgan fingerprint density at radius 1 is 1.15 bits per heavy atom. The van der Waals surface area contributed by atoms with Crippen molar-refractivity contribution in [2.24, 2.45) is 0 Å². The highest BCUT2D eigenvalue weighted by Crippen LogP contribution is 2.25. The van der Waals surface area contributed by atoms with Crippen LogP contribution < -0.4 is 9.47 Å². The van der Waals surface area contributed by atoms with Crippen LogP contribution >= 0.6 is 0 Å². The minimum Gasteiger partial charge on any atom is -0.496 e. The second-order valence-corrected chi connectivity index (χ2v) is 4.49. The minimum atomic E-state index is -0.550. The third kappa shape index (κ3) is 3.48. The zero-order valence-corrected chi connectivity index (χ0v) is 11.5. The van der Waals surface area contributed by atoms with Gasteiger partial charge < -0.3 is 14.6 Å². The molecule has 0 fully saturated rings.